The van der Waals surface area contributed by atoms with Crippen molar-refractivity contribution in [1.29, 1.82) is 0 Å². The molecule has 8 heteroatoms. The molecule has 0 unspecified atom stereocenters. The van der Waals surface area contributed by atoms with Gasteiger partial charge in [0.2, 0.25) is 0 Å². The number of hydrogen-bond donors (Lipinski definition) is 2. The van der Waals surface area contributed by atoms with E-state index in [-0.39, 0.29) is 23.9 Å². The van der Waals surface area contributed by atoms with Gasteiger partial charge in [-0.15, -0.1) is 11.3 Å². The molecule has 7 nitrogen and oxygen atoms in total. The summed E-state index contributed by atoms with van der Waals surface area (Å²) in [6.45, 7) is 4.09. The lowest BCUT2D eigenvalue weighted by Crippen LogP contribution is -2.54. The lowest BCUT2D eigenvalue weighted by atomic mass is 9.86. The average Bonchev–Trinajstić information content (AvgIpc) is 3.08. The maximum atomic E-state index is 12.5. The van der Waals surface area contributed by atoms with Gasteiger partial charge in [-0.25, -0.2) is 4.79 Å². The van der Waals surface area contributed by atoms with Gasteiger partial charge in [0.25, 0.3) is 5.91 Å². The number of aryl methyl sites for hydroxylation is 1. The van der Waals surface area contributed by atoms with Crippen LogP contribution in [0.2, 0.25) is 0 Å². The number of carboxylic acids is 1. The molecule has 2 heterocycles. The lowest BCUT2D eigenvalue weighted by Gasteiger charge is -2.36. The molecular weight excluding hydrogens is 354 g/mol. The van der Waals surface area contributed by atoms with Crippen LogP contribution in [0.1, 0.15) is 40.2 Å². The number of urea groups is 1. The van der Waals surface area contributed by atoms with E-state index in [1.54, 1.807) is 9.80 Å². The lowest BCUT2D eigenvalue weighted by molar-refractivity contribution is -0.142. The normalized spacial score (nSPS) is 23.6. The zero-order chi connectivity index (χ0) is 18.7. The van der Waals surface area contributed by atoms with Crippen molar-refractivity contribution in [2.75, 3.05) is 26.2 Å². The Morgan fingerprint density at radius 2 is 1.65 bits per heavy atom. The molecular formula is C18H25N3O4S. The molecule has 3 amide bonds. The molecule has 1 aromatic rings. The molecule has 0 spiro atoms. The van der Waals surface area contributed by atoms with Crippen LogP contribution in [0.4, 0.5) is 4.79 Å². The predicted molar refractivity (Wildman–Crippen MR) is 98.4 cm³/mol. The number of carbonyl (C=O) groups is 3. The first kappa shape index (κ1) is 18.7. The molecule has 26 heavy (non-hydrogen) atoms. The van der Waals surface area contributed by atoms with Gasteiger partial charge >= 0.3 is 12.0 Å². The third kappa shape index (κ3) is 4.35. The first-order valence-corrected chi connectivity index (χ1v) is 9.89. The van der Waals surface area contributed by atoms with Crippen molar-refractivity contribution in [3.63, 3.8) is 0 Å². The summed E-state index contributed by atoms with van der Waals surface area (Å²) in [6.07, 6.45) is 2.64. The van der Waals surface area contributed by atoms with Gasteiger partial charge in [-0.05, 0) is 44.7 Å². The molecule has 0 radical (unpaired) electrons. The first-order chi connectivity index (χ1) is 12.4. The van der Waals surface area contributed by atoms with E-state index in [1.807, 2.05) is 19.1 Å². The number of nitrogens with one attached hydrogen (secondary N) is 1. The molecule has 1 aliphatic carbocycles. The van der Waals surface area contributed by atoms with Crippen LogP contribution in [0.5, 0.6) is 0 Å². The van der Waals surface area contributed by atoms with Gasteiger partial charge in [-0.3, -0.25) is 9.59 Å². The van der Waals surface area contributed by atoms with Crippen molar-refractivity contribution >= 4 is 29.2 Å². The van der Waals surface area contributed by atoms with Crippen LogP contribution in [0.15, 0.2) is 12.1 Å². The zero-order valence-electron chi connectivity index (χ0n) is 14.9. The third-order valence-electron chi connectivity index (χ3n) is 5.21. The fraction of sp³-hybridized carbons (Fsp3) is 0.611. The molecule has 2 fully saturated rings. The highest BCUT2D eigenvalue weighted by Crippen LogP contribution is 2.24. The minimum absolute atomic E-state index is 0.0372. The number of carboxylic acid groups (broad SMARTS) is 1. The minimum Gasteiger partial charge on any atom is -0.481 e. The number of nitrogens with zero attached hydrogens (tertiary/aromatic N) is 2. The molecule has 2 N–H and O–H groups in total. The monoisotopic (exact) mass is 379 g/mol. The van der Waals surface area contributed by atoms with Crippen molar-refractivity contribution in [3.05, 3.63) is 21.9 Å². The van der Waals surface area contributed by atoms with E-state index >= 15 is 0 Å². The molecule has 1 aliphatic heterocycles. The van der Waals surface area contributed by atoms with Crippen LogP contribution in [0.3, 0.4) is 0 Å². The Bertz CT molecular complexity index is 674. The van der Waals surface area contributed by atoms with Gasteiger partial charge in [0.15, 0.2) is 0 Å². The fourth-order valence-electron chi connectivity index (χ4n) is 3.57. The van der Waals surface area contributed by atoms with Crippen LogP contribution >= 0.6 is 11.3 Å². The topological polar surface area (TPSA) is 90.0 Å². The maximum absolute atomic E-state index is 12.5. The highest BCUT2D eigenvalue weighted by molar-refractivity contribution is 7.13. The van der Waals surface area contributed by atoms with Crippen LogP contribution in [-0.4, -0.2) is 65.0 Å². The standard InChI is InChI=1S/C18H25N3O4S/c1-12-2-7-15(26-12)16(22)20-8-10-21(11-9-20)18(25)19-14-5-3-13(4-6-14)17(23)24/h2,7,13-14H,3-6,8-11H2,1H3,(H,19,25)(H,23,24). The summed E-state index contributed by atoms with van der Waals surface area (Å²) in [4.78, 5) is 41.3. The highest BCUT2D eigenvalue weighted by Gasteiger charge is 2.29. The first-order valence-electron chi connectivity index (χ1n) is 9.08. The largest absolute Gasteiger partial charge is 0.481 e. The van der Waals surface area contributed by atoms with Crippen molar-refractivity contribution in [1.82, 2.24) is 15.1 Å². The Kier molecular flexibility index (Phi) is 5.80. The molecule has 142 valence electrons. The third-order valence-corrected chi connectivity index (χ3v) is 6.20. The summed E-state index contributed by atoms with van der Waals surface area (Å²) in [5.41, 5.74) is 0. The molecule has 2 aliphatic rings. The Balaban J connectivity index is 1.44. The minimum atomic E-state index is -0.739. The number of amides is 3. The highest BCUT2D eigenvalue weighted by atomic mass is 32.1. The number of rotatable bonds is 3. The van der Waals surface area contributed by atoms with Gasteiger partial charge in [0.1, 0.15) is 0 Å². The Hall–Kier alpha value is -2.09. The second-order valence-corrected chi connectivity index (χ2v) is 8.31. The smallest absolute Gasteiger partial charge is 0.317 e. The van der Waals surface area contributed by atoms with E-state index < -0.39 is 5.97 Å². The van der Waals surface area contributed by atoms with E-state index in [0.717, 1.165) is 9.75 Å². The van der Waals surface area contributed by atoms with E-state index in [4.69, 9.17) is 5.11 Å². The van der Waals surface area contributed by atoms with Gasteiger partial charge in [0, 0.05) is 37.1 Å². The Morgan fingerprint density at radius 3 is 2.19 bits per heavy atom. The number of thiophene rings is 1. The second kappa shape index (κ2) is 8.07. The summed E-state index contributed by atoms with van der Waals surface area (Å²) < 4.78 is 0. The average molecular weight is 379 g/mol. The maximum Gasteiger partial charge on any atom is 0.317 e. The summed E-state index contributed by atoms with van der Waals surface area (Å²) in [6, 6.07) is 3.74. The van der Waals surface area contributed by atoms with Gasteiger partial charge in [-0.2, -0.15) is 0 Å². The van der Waals surface area contributed by atoms with E-state index in [1.165, 1.54) is 11.3 Å². The zero-order valence-corrected chi connectivity index (χ0v) is 15.8. The molecule has 3 rings (SSSR count). The van der Waals surface area contributed by atoms with Crippen molar-refractivity contribution in [3.8, 4) is 0 Å². The molecule has 1 saturated carbocycles. The van der Waals surface area contributed by atoms with Crippen LogP contribution < -0.4 is 5.32 Å². The number of hydrogen-bond acceptors (Lipinski definition) is 4. The summed E-state index contributed by atoms with van der Waals surface area (Å²) >= 11 is 1.50. The molecule has 0 bridgehead atoms. The van der Waals surface area contributed by atoms with E-state index in [2.05, 4.69) is 5.32 Å². The quantitative estimate of drug-likeness (QED) is 0.842. The second-order valence-electron chi connectivity index (χ2n) is 7.03. The van der Waals surface area contributed by atoms with Crippen molar-refractivity contribution in [2.45, 2.75) is 38.6 Å². The summed E-state index contributed by atoms with van der Waals surface area (Å²) in [5.74, 6) is -0.981. The van der Waals surface area contributed by atoms with Gasteiger partial charge in [-0.1, -0.05) is 0 Å². The van der Waals surface area contributed by atoms with Crippen LogP contribution in [0.25, 0.3) is 0 Å². The van der Waals surface area contributed by atoms with E-state index in [9.17, 15) is 14.4 Å². The van der Waals surface area contributed by atoms with Crippen LogP contribution in [-0.2, 0) is 4.79 Å². The van der Waals surface area contributed by atoms with E-state index in [0.29, 0.717) is 51.9 Å². The van der Waals surface area contributed by atoms with Crippen LogP contribution in [0, 0.1) is 12.8 Å². The fourth-order valence-corrected chi connectivity index (χ4v) is 4.40. The Morgan fingerprint density at radius 1 is 1.04 bits per heavy atom. The molecule has 1 saturated heterocycles. The SMILES string of the molecule is Cc1ccc(C(=O)N2CCN(C(=O)NC3CCC(C(=O)O)CC3)CC2)s1. The van der Waals surface area contributed by atoms with Crippen molar-refractivity contribution in [2.24, 2.45) is 5.92 Å². The number of carbonyl (C=O) groups excluding carboxylic acids is 2. The van der Waals surface area contributed by atoms with Gasteiger partial charge in [0.05, 0.1) is 10.8 Å². The molecule has 1 aromatic heterocycles. The molecule has 0 aromatic carbocycles. The van der Waals surface area contributed by atoms with Gasteiger partial charge < -0.3 is 20.2 Å². The Labute approximate surface area is 157 Å². The molecule has 0 atom stereocenters. The number of aliphatic carboxylic acids is 1. The summed E-state index contributed by atoms with van der Waals surface area (Å²) in [5, 5.41) is 12.1. The number of piperazine rings is 1. The predicted octanol–water partition coefficient (Wildman–Crippen LogP) is 2.17. The van der Waals surface area contributed by atoms with Crippen molar-refractivity contribution < 1.29 is 19.5 Å². The summed E-state index contributed by atoms with van der Waals surface area (Å²) in [7, 11) is 0.